The Morgan fingerprint density at radius 2 is 2.24 bits per heavy atom. The first-order valence-electron chi connectivity index (χ1n) is 7.19. The van der Waals surface area contributed by atoms with Crippen molar-refractivity contribution in [3.8, 4) is 0 Å². The Hall–Kier alpha value is -2.14. The van der Waals surface area contributed by atoms with Crippen LogP contribution in [0.2, 0.25) is 0 Å². The molecule has 0 radical (unpaired) electrons. The summed E-state index contributed by atoms with van der Waals surface area (Å²) in [6.45, 7) is 1.97. The molecule has 1 aliphatic rings. The Labute approximate surface area is 123 Å². The van der Waals surface area contributed by atoms with Gasteiger partial charge in [-0.25, -0.2) is 0 Å². The smallest absolute Gasteiger partial charge is 0.255 e. The maximum atomic E-state index is 12.5. The summed E-state index contributed by atoms with van der Waals surface area (Å²) >= 11 is 0. The zero-order valence-electron chi connectivity index (χ0n) is 12.2. The number of hydrogen-bond donors (Lipinski definition) is 2. The summed E-state index contributed by atoms with van der Waals surface area (Å²) in [5.41, 5.74) is 3.45. The fourth-order valence-corrected chi connectivity index (χ4v) is 2.95. The molecule has 5 nitrogen and oxygen atoms in total. The quantitative estimate of drug-likeness (QED) is 0.895. The fraction of sp³-hybridized carbons (Fsp3) is 0.375. The summed E-state index contributed by atoms with van der Waals surface area (Å²) in [5.74, 6) is -0.180. The van der Waals surface area contributed by atoms with E-state index in [1.165, 1.54) is 0 Å². The molecule has 21 heavy (non-hydrogen) atoms. The van der Waals surface area contributed by atoms with Crippen LogP contribution in [0, 0.1) is 0 Å². The molecular weight excluding hydrogens is 266 g/mol. The van der Waals surface area contributed by atoms with Crippen LogP contribution in [0.5, 0.6) is 0 Å². The van der Waals surface area contributed by atoms with Crippen molar-refractivity contribution < 1.29 is 9.90 Å². The van der Waals surface area contributed by atoms with E-state index in [9.17, 15) is 9.90 Å². The summed E-state index contributed by atoms with van der Waals surface area (Å²) in [5, 5.41) is 17.4. The molecule has 3 rings (SSSR count). The Bertz CT molecular complexity index is 678. The number of nitrogens with zero attached hydrogens (tertiary/aromatic N) is 2. The SMILES string of the molecule is CCc1nn(C)cc1C(=O)N[C@H]1c2ccccc2C[C@H]1O. The van der Waals surface area contributed by atoms with Crippen LogP contribution in [0.1, 0.15) is 40.1 Å². The van der Waals surface area contributed by atoms with Crippen molar-refractivity contribution in [3.63, 3.8) is 0 Å². The number of carbonyl (C=O) groups excluding carboxylic acids is 1. The van der Waals surface area contributed by atoms with Gasteiger partial charge in [0.15, 0.2) is 0 Å². The molecule has 1 aromatic carbocycles. The number of benzene rings is 1. The summed E-state index contributed by atoms with van der Waals surface area (Å²) in [6.07, 6.45) is 2.43. The van der Waals surface area contributed by atoms with Gasteiger partial charge in [-0.1, -0.05) is 31.2 Å². The molecule has 0 aliphatic heterocycles. The van der Waals surface area contributed by atoms with E-state index in [4.69, 9.17) is 0 Å². The number of aromatic nitrogens is 2. The summed E-state index contributed by atoms with van der Waals surface area (Å²) < 4.78 is 1.65. The second kappa shape index (κ2) is 5.33. The Morgan fingerprint density at radius 3 is 3.00 bits per heavy atom. The molecule has 5 heteroatoms. The van der Waals surface area contributed by atoms with Gasteiger partial charge in [0.25, 0.3) is 5.91 Å². The predicted octanol–water partition coefficient (Wildman–Crippen LogP) is 1.37. The number of aliphatic hydroxyl groups is 1. The standard InChI is InChI=1S/C16H19N3O2/c1-3-13-12(9-19(2)18-13)16(21)17-15-11-7-5-4-6-10(11)8-14(15)20/h4-7,9,14-15,20H,3,8H2,1-2H3,(H,17,21)/t14-,15+/m1/s1. The largest absolute Gasteiger partial charge is 0.390 e. The van der Waals surface area contributed by atoms with Gasteiger partial charge in [-0.05, 0) is 17.5 Å². The molecular formula is C16H19N3O2. The van der Waals surface area contributed by atoms with Gasteiger partial charge in [0.1, 0.15) is 0 Å². The summed E-state index contributed by atoms with van der Waals surface area (Å²) in [7, 11) is 1.80. The van der Waals surface area contributed by atoms with Crippen molar-refractivity contribution in [1.29, 1.82) is 0 Å². The Kier molecular flexibility index (Phi) is 3.51. The zero-order valence-corrected chi connectivity index (χ0v) is 12.2. The average Bonchev–Trinajstić information content (AvgIpc) is 3.00. The van der Waals surface area contributed by atoms with Gasteiger partial charge < -0.3 is 10.4 Å². The van der Waals surface area contributed by atoms with Crippen LogP contribution in [0.15, 0.2) is 30.5 Å². The molecule has 2 aromatic rings. The molecule has 0 bridgehead atoms. The second-order valence-corrected chi connectivity index (χ2v) is 5.44. The van der Waals surface area contributed by atoms with Crippen molar-refractivity contribution in [2.75, 3.05) is 0 Å². The Morgan fingerprint density at radius 1 is 1.48 bits per heavy atom. The highest BCUT2D eigenvalue weighted by Crippen LogP contribution is 2.31. The monoisotopic (exact) mass is 285 g/mol. The third-order valence-corrected chi connectivity index (χ3v) is 3.98. The number of hydrogen-bond acceptors (Lipinski definition) is 3. The van der Waals surface area contributed by atoms with Gasteiger partial charge in [0.05, 0.1) is 23.4 Å². The van der Waals surface area contributed by atoms with E-state index in [0.29, 0.717) is 18.4 Å². The average molecular weight is 285 g/mol. The topological polar surface area (TPSA) is 67.2 Å². The van der Waals surface area contributed by atoms with E-state index >= 15 is 0 Å². The third kappa shape index (κ3) is 2.45. The van der Waals surface area contributed by atoms with Gasteiger partial charge >= 0.3 is 0 Å². The van der Waals surface area contributed by atoms with Gasteiger partial charge in [0, 0.05) is 19.7 Å². The van der Waals surface area contributed by atoms with E-state index in [-0.39, 0.29) is 11.9 Å². The molecule has 1 aromatic heterocycles. The van der Waals surface area contributed by atoms with Crippen molar-refractivity contribution in [2.24, 2.45) is 7.05 Å². The number of amides is 1. The normalized spacial score (nSPS) is 20.3. The fourth-order valence-electron chi connectivity index (χ4n) is 2.95. The molecule has 2 atom stereocenters. The van der Waals surface area contributed by atoms with Crippen molar-refractivity contribution in [3.05, 3.63) is 52.8 Å². The summed E-state index contributed by atoms with van der Waals surface area (Å²) in [6, 6.07) is 7.48. The molecule has 0 saturated carbocycles. The number of aliphatic hydroxyl groups excluding tert-OH is 1. The zero-order chi connectivity index (χ0) is 15.0. The molecule has 110 valence electrons. The molecule has 0 unspecified atom stereocenters. The first-order valence-corrected chi connectivity index (χ1v) is 7.19. The Balaban J connectivity index is 1.85. The molecule has 1 aliphatic carbocycles. The number of fused-ring (bicyclic) bond motifs is 1. The molecule has 0 fully saturated rings. The maximum absolute atomic E-state index is 12.5. The minimum atomic E-state index is -0.576. The van der Waals surface area contributed by atoms with E-state index < -0.39 is 6.10 Å². The molecule has 0 spiro atoms. The number of aryl methyl sites for hydroxylation is 2. The number of nitrogens with one attached hydrogen (secondary N) is 1. The van der Waals surface area contributed by atoms with Crippen LogP contribution in [-0.4, -0.2) is 26.9 Å². The summed E-state index contributed by atoms with van der Waals surface area (Å²) in [4.78, 5) is 12.5. The van der Waals surface area contributed by atoms with Crippen molar-refractivity contribution >= 4 is 5.91 Å². The van der Waals surface area contributed by atoms with Crippen LogP contribution in [0.3, 0.4) is 0 Å². The van der Waals surface area contributed by atoms with Crippen LogP contribution in [-0.2, 0) is 19.9 Å². The number of carbonyl (C=O) groups is 1. The minimum absolute atomic E-state index is 0.180. The van der Waals surface area contributed by atoms with E-state index in [1.54, 1.807) is 17.9 Å². The first kappa shape index (κ1) is 13.8. The lowest BCUT2D eigenvalue weighted by molar-refractivity contribution is 0.0857. The van der Waals surface area contributed by atoms with Crippen LogP contribution >= 0.6 is 0 Å². The maximum Gasteiger partial charge on any atom is 0.255 e. The second-order valence-electron chi connectivity index (χ2n) is 5.44. The highest BCUT2D eigenvalue weighted by atomic mass is 16.3. The van der Waals surface area contributed by atoms with Crippen LogP contribution in [0.25, 0.3) is 0 Å². The highest BCUT2D eigenvalue weighted by Gasteiger charge is 2.32. The van der Waals surface area contributed by atoms with Crippen LogP contribution < -0.4 is 5.32 Å². The van der Waals surface area contributed by atoms with Crippen molar-refractivity contribution in [2.45, 2.75) is 31.9 Å². The van der Waals surface area contributed by atoms with Gasteiger partial charge in [-0.15, -0.1) is 0 Å². The van der Waals surface area contributed by atoms with Gasteiger partial charge in [-0.3, -0.25) is 9.48 Å². The lowest BCUT2D eigenvalue weighted by Crippen LogP contribution is -2.34. The molecule has 0 saturated heterocycles. The molecule has 1 amide bonds. The van der Waals surface area contributed by atoms with Crippen LogP contribution in [0.4, 0.5) is 0 Å². The lowest BCUT2D eigenvalue weighted by Gasteiger charge is -2.17. The van der Waals surface area contributed by atoms with E-state index in [2.05, 4.69) is 10.4 Å². The van der Waals surface area contributed by atoms with E-state index in [0.717, 1.165) is 16.8 Å². The predicted molar refractivity (Wildman–Crippen MR) is 78.9 cm³/mol. The van der Waals surface area contributed by atoms with Crippen molar-refractivity contribution in [1.82, 2.24) is 15.1 Å². The first-order chi connectivity index (χ1) is 10.1. The highest BCUT2D eigenvalue weighted by molar-refractivity contribution is 5.95. The van der Waals surface area contributed by atoms with E-state index in [1.807, 2.05) is 31.2 Å². The lowest BCUT2D eigenvalue weighted by atomic mass is 10.1. The molecule has 2 N–H and O–H groups in total. The minimum Gasteiger partial charge on any atom is -0.390 e. The molecule has 1 heterocycles. The van der Waals surface area contributed by atoms with Gasteiger partial charge in [0.2, 0.25) is 0 Å². The number of rotatable bonds is 3. The third-order valence-electron chi connectivity index (χ3n) is 3.98. The van der Waals surface area contributed by atoms with Gasteiger partial charge in [-0.2, -0.15) is 5.10 Å².